The first kappa shape index (κ1) is 17.0. The van der Waals surface area contributed by atoms with Gasteiger partial charge in [0.15, 0.2) is 0 Å². The van der Waals surface area contributed by atoms with E-state index in [4.69, 9.17) is 22.2 Å². The molecule has 2 fully saturated rings. The lowest BCUT2D eigenvalue weighted by Crippen LogP contribution is -2.58. The lowest BCUT2D eigenvalue weighted by atomic mass is 9.53. The summed E-state index contributed by atoms with van der Waals surface area (Å²) in [6, 6.07) is 3.52. The highest BCUT2D eigenvalue weighted by atomic mass is 35.5. The minimum absolute atomic E-state index is 0.0229. The van der Waals surface area contributed by atoms with Gasteiger partial charge in [0.2, 0.25) is 11.8 Å². The molecule has 0 bridgehead atoms. The van der Waals surface area contributed by atoms with Crippen molar-refractivity contribution >= 4 is 23.6 Å². The molecule has 1 spiro atoms. The van der Waals surface area contributed by atoms with Crippen LogP contribution in [-0.2, 0) is 4.79 Å². The van der Waals surface area contributed by atoms with Crippen molar-refractivity contribution in [3.8, 4) is 5.88 Å². The molecule has 0 radical (unpaired) electrons. The maximum Gasteiger partial charge on any atom is 0.254 e. The van der Waals surface area contributed by atoms with E-state index < -0.39 is 5.91 Å². The zero-order valence-electron chi connectivity index (χ0n) is 13.3. The van der Waals surface area contributed by atoms with Gasteiger partial charge in [0.1, 0.15) is 11.7 Å². The van der Waals surface area contributed by atoms with E-state index in [1.165, 1.54) is 0 Å². The first-order chi connectivity index (χ1) is 11.5. The molecule has 130 valence electrons. The van der Waals surface area contributed by atoms with Crippen molar-refractivity contribution in [3.05, 3.63) is 23.9 Å². The highest BCUT2D eigenvalue weighted by Gasteiger charge is 2.54. The molecular weight excluding hydrogens is 332 g/mol. The number of hydrogen-bond acceptors (Lipinski definition) is 5. The molecule has 2 aliphatic carbocycles. The Labute approximate surface area is 145 Å². The number of nitrogens with zero attached hydrogens (tertiary/aromatic N) is 1. The van der Waals surface area contributed by atoms with Crippen LogP contribution in [0.1, 0.15) is 42.5 Å². The Morgan fingerprint density at radius 3 is 2.79 bits per heavy atom. The second-order valence-corrected chi connectivity index (χ2v) is 6.94. The van der Waals surface area contributed by atoms with Crippen molar-refractivity contribution in [2.45, 2.75) is 44.2 Å². The summed E-state index contributed by atoms with van der Waals surface area (Å²) in [6.07, 6.45) is 5.79. The molecule has 4 N–H and O–H groups in total. The molecule has 8 heteroatoms. The quantitative estimate of drug-likeness (QED) is 0.637. The van der Waals surface area contributed by atoms with Gasteiger partial charge in [-0.05, 0) is 55.0 Å². The third-order valence-corrected chi connectivity index (χ3v) is 5.00. The second-order valence-electron chi connectivity index (χ2n) is 6.67. The van der Waals surface area contributed by atoms with Gasteiger partial charge in [0.25, 0.3) is 5.91 Å². The maximum atomic E-state index is 11.6. The molecule has 0 aromatic carbocycles. The topological polar surface area (TPSA) is 106 Å². The van der Waals surface area contributed by atoms with E-state index in [0.29, 0.717) is 24.4 Å². The number of primary amides is 1. The normalized spacial score (nSPS) is 27.9. The molecule has 2 amide bonds. The van der Waals surface area contributed by atoms with E-state index in [9.17, 15) is 9.59 Å². The van der Waals surface area contributed by atoms with Crippen LogP contribution in [0.4, 0.5) is 0 Å². The van der Waals surface area contributed by atoms with Gasteiger partial charge in [0.05, 0.1) is 0 Å². The summed E-state index contributed by atoms with van der Waals surface area (Å²) in [4.78, 5) is 29.6. The molecule has 0 atom stereocenters. The van der Waals surface area contributed by atoms with Crippen molar-refractivity contribution in [1.82, 2.24) is 15.1 Å². The van der Waals surface area contributed by atoms with Crippen LogP contribution in [0.5, 0.6) is 5.88 Å². The fourth-order valence-corrected chi connectivity index (χ4v) is 3.80. The summed E-state index contributed by atoms with van der Waals surface area (Å²) in [6.45, 7) is 0.466. The minimum Gasteiger partial charge on any atom is -0.474 e. The molecule has 3 rings (SSSR count). The fraction of sp³-hybridized carbons (Fsp3) is 0.562. The van der Waals surface area contributed by atoms with E-state index in [1.54, 1.807) is 18.3 Å². The number of pyridine rings is 1. The van der Waals surface area contributed by atoms with Crippen LogP contribution in [-0.4, -0.2) is 35.5 Å². The molecular formula is C16H21ClN4O3. The Kier molecular flexibility index (Phi) is 4.91. The van der Waals surface area contributed by atoms with Gasteiger partial charge in [-0.15, -0.1) is 0 Å². The molecule has 0 saturated heterocycles. The number of carbonyl (C=O) groups is 2. The molecule has 2 aliphatic rings. The lowest BCUT2D eigenvalue weighted by molar-refractivity contribution is -0.127. The van der Waals surface area contributed by atoms with Crippen LogP contribution < -0.4 is 20.6 Å². The number of halogens is 1. The average Bonchev–Trinajstić information content (AvgIpc) is 2.49. The number of aromatic nitrogens is 1. The molecule has 7 nitrogen and oxygen atoms in total. The predicted octanol–water partition coefficient (Wildman–Crippen LogP) is 1.12. The predicted molar refractivity (Wildman–Crippen MR) is 88.5 cm³/mol. The Hall–Kier alpha value is -1.86. The van der Waals surface area contributed by atoms with Gasteiger partial charge >= 0.3 is 0 Å². The molecule has 2 saturated carbocycles. The van der Waals surface area contributed by atoms with E-state index >= 15 is 0 Å². The number of amides is 2. The number of nitrogens with one attached hydrogen (secondary N) is 2. The van der Waals surface area contributed by atoms with Gasteiger partial charge in [0, 0.05) is 25.2 Å². The van der Waals surface area contributed by atoms with Crippen LogP contribution in [0.3, 0.4) is 0 Å². The van der Waals surface area contributed by atoms with Crippen molar-refractivity contribution < 1.29 is 14.3 Å². The first-order valence-electron chi connectivity index (χ1n) is 8.06. The number of ether oxygens (including phenoxy) is 1. The van der Waals surface area contributed by atoms with Crippen molar-refractivity contribution in [1.29, 1.82) is 0 Å². The van der Waals surface area contributed by atoms with Crippen LogP contribution in [0, 0.1) is 5.41 Å². The first-order valence-corrected chi connectivity index (χ1v) is 8.43. The number of rotatable bonds is 7. The zero-order chi connectivity index (χ0) is 17.2. The smallest absolute Gasteiger partial charge is 0.254 e. The summed E-state index contributed by atoms with van der Waals surface area (Å²) < 4.78 is 5.82. The van der Waals surface area contributed by atoms with Gasteiger partial charge in [-0.2, -0.15) is 0 Å². The van der Waals surface area contributed by atoms with Crippen LogP contribution >= 0.6 is 11.8 Å². The molecule has 1 aromatic heterocycles. The largest absolute Gasteiger partial charge is 0.474 e. The minimum atomic E-state index is -0.537. The van der Waals surface area contributed by atoms with Crippen LogP contribution in [0.25, 0.3) is 0 Å². The highest BCUT2D eigenvalue weighted by Crippen LogP contribution is 2.56. The van der Waals surface area contributed by atoms with Crippen LogP contribution in [0.15, 0.2) is 18.3 Å². The zero-order valence-corrected chi connectivity index (χ0v) is 14.0. The standard InChI is InChI=1S/C16H21ClN4O3/c17-20-5-3-13(22)21-10-6-16(7-10)8-11(9-16)24-15-12(14(18)23)2-1-4-19-15/h1-2,4,10-11,20H,3,5-9H2,(H2,18,23)(H,21,22). The summed E-state index contributed by atoms with van der Waals surface area (Å²) in [5, 5.41) is 3.01. The van der Waals surface area contributed by atoms with Gasteiger partial charge < -0.3 is 15.8 Å². The van der Waals surface area contributed by atoms with E-state index in [-0.39, 0.29) is 23.5 Å². The Balaban J connectivity index is 1.43. The lowest BCUT2D eigenvalue weighted by Gasteiger charge is -2.57. The molecule has 0 aliphatic heterocycles. The third-order valence-electron chi connectivity index (χ3n) is 4.81. The molecule has 1 heterocycles. The number of carbonyl (C=O) groups excluding carboxylic acids is 2. The van der Waals surface area contributed by atoms with Gasteiger partial charge in [-0.1, -0.05) is 0 Å². The summed E-state index contributed by atoms with van der Waals surface area (Å²) >= 11 is 5.34. The maximum absolute atomic E-state index is 11.6. The second kappa shape index (κ2) is 6.94. The third kappa shape index (κ3) is 3.62. The Morgan fingerprint density at radius 2 is 2.12 bits per heavy atom. The molecule has 0 unspecified atom stereocenters. The van der Waals surface area contributed by atoms with E-state index in [0.717, 1.165) is 25.7 Å². The fourth-order valence-electron chi connectivity index (χ4n) is 3.70. The Bertz CT molecular complexity index is 626. The highest BCUT2D eigenvalue weighted by molar-refractivity contribution is 6.13. The van der Waals surface area contributed by atoms with Crippen molar-refractivity contribution in [2.24, 2.45) is 11.1 Å². The van der Waals surface area contributed by atoms with Crippen molar-refractivity contribution in [3.63, 3.8) is 0 Å². The summed E-state index contributed by atoms with van der Waals surface area (Å²) in [5.74, 6) is -0.206. The summed E-state index contributed by atoms with van der Waals surface area (Å²) in [7, 11) is 0. The summed E-state index contributed by atoms with van der Waals surface area (Å²) in [5.41, 5.74) is 5.90. The molecule has 1 aromatic rings. The number of hydrogen-bond donors (Lipinski definition) is 3. The molecule has 24 heavy (non-hydrogen) atoms. The number of nitrogens with two attached hydrogens (primary N) is 1. The SMILES string of the molecule is NC(=O)c1cccnc1OC1CC2(CC(NC(=O)CCNCl)C2)C1. The van der Waals surface area contributed by atoms with Crippen LogP contribution in [0.2, 0.25) is 0 Å². The van der Waals surface area contributed by atoms with E-state index in [1.807, 2.05) is 0 Å². The van der Waals surface area contributed by atoms with Gasteiger partial charge in [-0.3, -0.25) is 9.59 Å². The van der Waals surface area contributed by atoms with Gasteiger partial charge in [-0.25, -0.2) is 9.82 Å². The average molecular weight is 353 g/mol. The monoisotopic (exact) mass is 352 g/mol. The van der Waals surface area contributed by atoms with Crippen molar-refractivity contribution in [2.75, 3.05) is 6.54 Å². The van der Waals surface area contributed by atoms with E-state index in [2.05, 4.69) is 15.1 Å². The Morgan fingerprint density at radius 1 is 1.38 bits per heavy atom.